The molecular formula is C23H26FN3O5S. The van der Waals surface area contributed by atoms with Crippen molar-refractivity contribution in [1.29, 1.82) is 0 Å². The van der Waals surface area contributed by atoms with Crippen molar-refractivity contribution < 1.29 is 27.1 Å². The summed E-state index contributed by atoms with van der Waals surface area (Å²) in [7, 11) is -4.06. The molecule has 2 heterocycles. The largest absolute Gasteiger partial charge is 0.379 e. The van der Waals surface area contributed by atoms with Crippen LogP contribution in [-0.4, -0.2) is 68.8 Å². The number of halogens is 1. The third kappa shape index (κ3) is 5.40. The van der Waals surface area contributed by atoms with E-state index in [-0.39, 0.29) is 50.9 Å². The number of ether oxygens (including phenoxy) is 1. The maximum Gasteiger partial charge on any atom is 0.246 e. The summed E-state index contributed by atoms with van der Waals surface area (Å²) in [6.45, 7) is 1.58. The highest BCUT2D eigenvalue weighted by Gasteiger charge is 2.34. The molecule has 2 fully saturated rings. The second-order valence-corrected chi connectivity index (χ2v) is 10.0. The number of rotatable bonds is 7. The van der Waals surface area contributed by atoms with Crippen molar-refractivity contribution in [2.45, 2.75) is 17.7 Å². The van der Waals surface area contributed by atoms with Crippen molar-refractivity contribution >= 4 is 27.5 Å². The van der Waals surface area contributed by atoms with E-state index < -0.39 is 32.6 Å². The van der Waals surface area contributed by atoms with Crippen LogP contribution in [0, 0.1) is 11.7 Å². The van der Waals surface area contributed by atoms with Crippen LogP contribution >= 0.6 is 0 Å². The molecular weight excluding hydrogens is 449 g/mol. The fourth-order valence-corrected chi connectivity index (χ4v) is 5.52. The summed E-state index contributed by atoms with van der Waals surface area (Å²) in [5.41, 5.74) is 1.28. The molecule has 2 aromatic rings. The molecule has 4 rings (SSSR count). The number of morpholine rings is 1. The number of anilines is 1. The van der Waals surface area contributed by atoms with Gasteiger partial charge in [0.1, 0.15) is 10.7 Å². The normalized spacial score (nSPS) is 19.6. The lowest BCUT2D eigenvalue weighted by Gasteiger charge is -2.26. The maximum absolute atomic E-state index is 14.4. The molecule has 33 heavy (non-hydrogen) atoms. The average Bonchev–Trinajstić information content (AvgIpc) is 3.20. The van der Waals surface area contributed by atoms with Crippen LogP contribution in [0.25, 0.3) is 0 Å². The Bertz CT molecular complexity index is 1120. The van der Waals surface area contributed by atoms with Crippen LogP contribution in [0.1, 0.15) is 12.0 Å². The number of benzene rings is 2. The minimum atomic E-state index is -4.06. The molecule has 0 saturated carbocycles. The highest BCUT2D eigenvalue weighted by atomic mass is 32.2. The van der Waals surface area contributed by atoms with Crippen molar-refractivity contribution in [3.63, 3.8) is 0 Å². The van der Waals surface area contributed by atoms with Gasteiger partial charge < -0.3 is 15.0 Å². The Labute approximate surface area is 192 Å². The van der Waals surface area contributed by atoms with Gasteiger partial charge in [0.2, 0.25) is 21.8 Å². The van der Waals surface area contributed by atoms with E-state index in [4.69, 9.17) is 4.74 Å². The van der Waals surface area contributed by atoms with E-state index in [0.29, 0.717) is 13.0 Å². The Morgan fingerprint density at radius 3 is 2.58 bits per heavy atom. The topological polar surface area (TPSA) is 96.0 Å². The van der Waals surface area contributed by atoms with Crippen molar-refractivity contribution in [3.8, 4) is 0 Å². The van der Waals surface area contributed by atoms with Gasteiger partial charge in [-0.15, -0.1) is 0 Å². The summed E-state index contributed by atoms with van der Waals surface area (Å²) in [5.74, 6) is -1.94. The zero-order chi connectivity index (χ0) is 23.4. The summed E-state index contributed by atoms with van der Waals surface area (Å²) in [6.07, 6.45) is 0.780. The number of carbonyl (C=O) groups is 2. The van der Waals surface area contributed by atoms with Gasteiger partial charge in [-0.25, -0.2) is 12.8 Å². The van der Waals surface area contributed by atoms with E-state index >= 15 is 0 Å². The number of amides is 2. The van der Waals surface area contributed by atoms with Gasteiger partial charge in [0, 0.05) is 38.3 Å². The number of sulfonamides is 1. The molecule has 1 atom stereocenters. The van der Waals surface area contributed by atoms with Crippen LogP contribution in [0.5, 0.6) is 0 Å². The number of nitrogens with one attached hydrogen (secondary N) is 1. The minimum absolute atomic E-state index is 0.0841. The Hall–Kier alpha value is -2.82. The molecule has 0 unspecified atom stereocenters. The SMILES string of the molecule is O=C(Nc1ccc(F)c(S(=O)(=O)N2CCOCC2)c1)[C@H]1CC(=O)N(CCc2ccccc2)C1. The number of carbonyl (C=O) groups excluding carboxylic acids is 2. The summed E-state index contributed by atoms with van der Waals surface area (Å²) >= 11 is 0. The highest BCUT2D eigenvalue weighted by molar-refractivity contribution is 7.89. The van der Waals surface area contributed by atoms with Crippen LogP contribution in [0.4, 0.5) is 10.1 Å². The van der Waals surface area contributed by atoms with Crippen LogP contribution < -0.4 is 5.32 Å². The van der Waals surface area contributed by atoms with E-state index in [1.165, 1.54) is 10.4 Å². The molecule has 2 aliphatic heterocycles. The van der Waals surface area contributed by atoms with E-state index in [0.717, 1.165) is 17.7 Å². The van der Waals surface area contributed by atoms with E-state index in [1.54, 1.807) is 4.90 Å². The van der Waals surface area contributed by atoms with Crippen LogP contribution in [-0.2, 0) is 30.8 Å². The first kappa shape index (κ1) is 23.3. The van der Waals surface area contributed by atoms with Gasteiger partial charge in [-0.05, 0) is 30.2 Å². The second kappa shape index (κ2) is 9.98. The van der Waals surface area contributed by atoms with Crippen molar-refractivity contribution in [2.24, 2.45) is 5.92 Å². The molecule has 0 spiro atoms. The summed E-state index contributed by atoms with van der Waals surface area (Å²) in [5, 5.41) is 2.65. The molecule has 0 aromatic heterocycles. The first-order valence-electron chi connectivity index (χ1n) is 10.8. The lowest BCUT2D eigenvalue weighted by Crippen LogP contribution is -2.41. The predicted molar refractivity (Wildman–Crippen MR) is 119 cm³/mol. The Morgan fingerprint density at radius 1 is 1.12 bits per heavy atom. The van der Waals surface area contributed by atoms with Crippen molar-refractivity contribution in [2.75, 3.05) is 44.7 Å². The lowest BCUT2D eigenvalue weighted by atomic mass is 10.1. The molecule has 2 aliphatic rings. The fraction of sp³-hybridized carbons (Fsp3) is 0.391. The predicted octanol–water partition coefficient (Wildman–Crippen LogP) is 1.88. The zero-order valence-electron chi connectivity index (χ0n) is 18.1. The number of hydrogen-bond donors (Lipinski definition) is 1. The quantitative estimate of drug-likeness (QED) is 0.660. The molecule has 0 radical (unpaired) electrons. The maximum atomic E-state index is 14.4. The third-order valence-corrected chi connectivity index (χ3v) is 7.80. The van der Waals surface area contributed by atoms with E-state index in [2.05, 4.69) is 5.32 Å². The summed E-state index contributed by atoms with van der Waals surface area (Å²) in [6, 6.07) is 13.2. The third-order valence-electron chi connectivity index (χ3n) is 5.89. The first-order valence-corrected chi connectivity index (χ1v) is 12.3. The molecule has 8 nitrogen and oxygen atoms in total. The zero-order valence-corrected chi connectivity index (χ0v) is 18.9. The average molecular weight is 476 g/mol. The number of hydrogen-bond acceptors (Lipinski definition) is 5. The summed E-state index contributed by atoms with van der Waals surface area (Å²) < 4.78 is 46.4. The molecule has 0 aliphatic carbocycles. The van der Waals surface area contributed by atoms with Crippen LogP contribution in [0.3, 0.4) is 0 Å². The van der Waals surface area contributed by atoms with E-state index in [1.807, 2.05) is 30.3 Å². The standard InChI is InChI=1S/C23H26FN3O5S/c24-20-7-6-19(15-21(20)33(30,31)27-10-12-32-13-11-27)25-23(29)18-14-22(28)26(16-18)9-8-17-4-2-1-3-5-17/h1-7,15,18H,8-14,16H2,(H,25,29)/t18-/m0/s1. The van der Waals surface area contributed by atoms with Gasteiger partial charge in [0.15, 0.2) is 0 Å². The minimum Gasteiger partial charge on any atom is -0.379 e. The van der Waals surface area contributed by atoms with Gasteiger partial charge in [-0.3, -0.25) is 9.59 Å². The fourth-order valence-electron chi connectivity index (χ4n) is 4.02. The summed E-state index contributed by atoms with van der Waals surface area (Å²) in [4.78, 5) is 26.3. The first-order chi connectivity index (χ1) is 15.8. The number of likely N-dealkylation sites (tertiary alicyclic amines) is 1. The molecule has 176 valence electrons. The van der Waals surface area contributed by atoms with Crippen LogP contribution in [0.2, 0.25) is 0 Å². The van der Waals surface area contributed by atoms with Crippen LogP contribution in [0.15, 0.2) is 53.4 Å². The molecule has 1 N–H and O–H groups in total. The molecule has 2 amide bonds. The smallest absolute Gasteiger partial charge is 0.246 e. The van der Waals surface area contributed by atoms with Gasteiger partial charge in [0.25, 0.3) is 0 Å². The Balaban J connectivity index is 1.40. The highest BCUT2D eigenvalue weighted by Crippen LogP contribution is 2.25. The van der Waals surface area contributed by atoms with Gasteiger partial charge in [-0.1, -0.05) is 30.3 Å². The molecule has 10 heteroatoms. The monoisotopic (exact) mass is 475 g/mol. The molecule has 0 bridgehead atoms. The second-order valence-electron chi connectivity index (χ2n) is 8.13. The van der Waals surface area contributed by atoms with Gasteiger partial charge in [-0.2, -0.15) is 4.31 Å². The van der Waals surface area contributed by atoms with Gasteiger partial charge >= 0.3 is 0 Å². The van der Waals surface area contributed by atoms with Crippen molar-refractivity contribution in [3.05, 3.63) is 59.9 Å². The Kier molecular flexibility index (Phi) is 7.06. The molecule has 2 saturated heterocycles. The lowest BCUT2D eigenvalue weighted by molar-refractivity contribution is -0.128. The number of nitrogens with zero attached hydrogens (tertiary/aromatic N) is 2. The molecule has 2 aromatic carbocycles. The Morgan fingerprint density at radius 2 is 1.85 bits per heavy atom. The van der Waals surface area contributed by atoms with Gasteiger partial charge in [0.05, 0.1) is 19.1 Å². The van der Waals surface area contributed by atoms with E-state index in [9.17, 15) is 22.4 Å². The van der Waals surface area contributed by atoms with Crippen molar-refractivity contribution in [1.82, 2.24) is 9.21 Å².